The van der Waals surface area contributed by atoms with Gasteiger partial charge in [0.1, 0.15) is 37.4 Å². The standard InChI is InChI=1S/C56H96N8O15.C30H52N6O14S.CH4/c1-15-36(7)49(63(11)54(71)48(35(5)6)62-53(70)47(57-10)34(3)4)43(74-12)31-45(67)64-28-20-24-42(64)50(76-14)37(8)51(68)61-41(30-39-22-18-17-19-23-39)52(69)58-26-21-29-77-55(72)38(9)60-44(66)25-27-59-56(73)78-33-46(75-13)79-40(16-2)32-65;1-3-20(17-37)50-27(46-2)18-49-30(45)35-7-4-23(38)32-8-9-33-25(40)6-12-47-14-15-48-13-10-34-24(39)5-11-36-26(41)16-22(28(36)42)51-19-21(31)29(43)44;/h17-19,22-23,34-38,40-43,46-50,57,65H,15-16,20-21,24-33H2,1-14H3,(H,58,69)(H,59,73)(H,60,66)(H,61,68)(H,62,70);20-22,27,37H,3-19,31H2,1-2H3,(H,32,38)(H,33,40)(H,34,39)(H,35,45)(H,43,44);1H4/t36-,37+,38-,40?,41-,42-,43+,46?,47-,48-,49-,50+;;/m0../s1. The van der Waals surface area contributed by atoms with Gasteiger partial charge in [0.05, 0.1) is 106 Å². The average molecular weight is 1890 g/mol. The minimum Gasteiger partial charge on any atom is -0.480 e. The number of alkyl carbamates (subject to hydrolysis) is 2. The van der Waals surface area contributed by atoms with Gasteiger partial charge >= 0.3 is 24.1 Å². The van der Waals surface area contributed by atoms with Crippen LogP contribution in [-0.2, 0) is 121 Å². The zero-order chi connectivity index (χ0) is 97.4. The average Bonchev–Trinajstić information content (AvgIpc) is 1.80. The molecule has 0 aromatic heterocycles. The van der Waals surface area contributed by atoms with E-state index in [2.05, 4.69) is 53.2 Å². The molecular weight excluding hydrogens is 1740 g/mol. The lowest BCUT2D eigenvalue weighted by molar-refractivity contribution is -0.181. The first kappa shape index (κ1) is 120. The predicted molar refractivity (Wildman–Crippen MR) is 483 cm³/mol. The fraction of sp³-hybridized carbons (Fsp3) is 0.759. The van der Waals surface area contributed by atoms with Crippen LogP contribution in [0, 0.1) is 23.7 Å². The molecule has 0 radical (unpaired) electrons. The zero-order valence-corrected chi connectivity index (χ0v) is 79.3. The maximum atomic E-state index is 14.5. The van der Waals surface area contributed by atoms with Crippen molar-refractivity contribution in [3.8, 4) is 0 Å². The lowest BCUT2D eigenvalue weighted by Crippen LogP contribution is -2.59. The van der Waals surface area contributed by atoms with Crippen LogP contribution in [0.1, 0.15) is 159 Å². The number of carboxylic acid groups (broad SMARTS) is 1. The van der Waals surface area contributed by atoms with Crippen LogP contribution >= 0.6 is 11.8 Å². The zero-order valence-electron chi connectivity index (χ0n) is 78.5. The van der Waals surface area contributed by atoms with Crippen LogP contribution in [0.2, 0.25) is 0 Å². The molecule has 1 aromatic rings. The van der Waals surface area contributed by atoms with Gasteiger partial charge in [0, 0.05) is 132 Å². The molecule has 2 aliphatic heterocycles. The molecule has 3 rings (SSSR count). The number of likely N-dealkylation sites (tertiary alicyclic amines) is 2. The first-order valence-corrected chi connectivity index (χ1v) is 45.5. The molecule has 15 N–H and O–H groups in total. The number of aliphatic carboxylic acids is 1. The maximum Gasteiger partial charge on any atom is 0.407 e. The van der Waals surface area contributed by atoms with Gasteiger partial charge in [-0.1, -0.05) is 106 Å². The Bertz CT molecular complexity index is 3580. The Morgan fingerprint density at radius 1 is 0.603 bits per heavy atom. The van der Waals surface area contributed by atoms with Gasteiger partial charge in [-0.05, 0) is 69.4 Å². The SMILES string of the molecule is C.CCC(CO)OC(COC(=O)NCCC(=O)NCCNC(=O)CCOCCOCCNC(=O)CCN1C(=O)CC(SCC(N)C(=O)O)C1=O)OC.CCC(CO)OC(COC(=O)NCCC(=O)N[C@@H](C)C(=O)OCCCNC(=O)[C@H](Cc1ccccc1)NC(=O)[C@H](C)[C@@H](OC)[C@@H]1CCCN1C(=O)C[C@@H](OC)[C@H]([C@@H](C)CC)N(C)C(=O)[C@@H](NC(=O)[C@@H](NC)C(C)C)C(C)C)OC. The summed E-state index contributed by atoms with van der Waals surface area (Å²) in [6.07, 6.45) is -2.56. The molecule has 0 spiro atoms. The van der Waals surface area contributed by atoms with Gasteiger partial charge in [-0.2, -0.15) is 0 Å². The van der Waals surface area contributed by atoms with Crippen molar-refractivity contribution in [3.63, 3.8) is 0 Å². The number of hydrogen-bond acceptors (Lipinski definition) is 31. The number of nitrogens with zero attached hydrogens (tertiary/aromatic N) is 3. The number of hydrogen-bond donors (Lipinski definition) is 14. The van der Waals surface area contributed by atoms with Gasteiger partial charge in [0.2, 0.25) is 65.0 Å². The number of nitrogens with two attached hydrogens (primary N) is 1. The number of imide groups is 1. The van der Waals surface area contributed by atoms with E-state index in [0.717, 1.165) is 22.2 Å². The maximum absolute atomic E-state index is 14.5. The fourth-order valence-corrected chi connectivity index (χ4v) is 14.8. The number of carbonyl (C=O) groups is 15. The Morgan fingerprint density at radius 3 is 1.69 bits per heavy atom. The lowest BCUT2D eigenvalue weighted by Gasteiger charge is -2.41. The summed E-state index contributed by atoms with van der Waals surface area (Å²) in [4.78, 5) is 195. The molecule has 750 valence electrons. The number of rotatable bonds is 66. The number of nitrogens with one attached hydrogen (secondary N) is 10. The van der Waals surface area contributed by atoms with E-state index in [4.69, 9.17) is 62.9 Å². The number of esters is 1. The van der Waals surface area contributed by atoms with Crippen molar-refractivity contribution in [1.29, 1.82) is 0 Å². The predicted octanol–water partition coefficient (Wildman–Crippen LogP) is 0.383. The van der Waals surface area contributed by atoms with Crippen LogP contribution in [0.15, 0.2) is 30.3 Å². The molecule has 13 amide bonds. The van der Waals surface area contributed by atoms with Crippen LogP contribution in [0.3, 0.4) is 0 Å². The number of likely N-dealkylation sites (N-methyl/N-ethyl adjacent to an activating group) is 2. The molecule has 43 nitrogen and oxygen atoms in total. The van der Waals surface area contributed by atoms with Crippen LogP contribution < -0.4 is 58.9 Å². The van der Waals surface area contributed by atoms with Gasteiger partial charge in [0.15, 0.2) is 12.6 Å². The van der Waals surface area contributed by atoms with Crippen molar-refractivity contribution in [2.24, 2.45) is 29.4 Å². The molecule has 131 heavy (non-hydrogen) atoms. The Hall–Kier alpha value is -9.06. The first-order valence-electron chi connectivity index (χ1n) is 44.4. The Labute approximate surface area is 774 Å². The number of amides is 13. The molecule has 44 heteroatoms. The smallest absolute Gasteiger partial charge is 0.407 e. The van der Waals surface area contributed by atoms with E-state index in [1.54, 1.807) is 30.8 Å². The highest BCUT2D eigenvalue weighted by Gasteiger charge is 2.45. The van der Waals surface area contributed by atoms with Crippen LogP contribution in [0.25, 0.3) is 0 Å². The minimum atomic E-state index is -1.19. The highest BCUT2D eigenvalue weighted by Crippen LogP contribution is 2.31. The topological polar surface area (TPSA) is 574 Å². The lowest BCUT2D eigenvalue weighted by atomic mass is 9.89. The van der Waals surface area contributed by atoms with Crippen molar-refractivity contribution in [1.82, 2.24) is 67.9 Å². The summed E-state index contributed by atoms with van der Waals surface area (Å²) < 4.78 is 59.3. The third-order valence-electron chi connectivity index (χ3n) is 21.5. The molecule has 0 aliphatic carbocycles. The Morgan fingerprint density at radius 2 is 1.16 bits per heavy atom. The van der Waals surface area contributed by atoms with E-state index in [1.165, 1.54) is 35.4 Å². The summed E-state index contributed by atoms with van der Waals surface area (Å²) in [6.45, 7) is 19.3. The largest absolute Gasteiger partial charge is 0.480 e. The summed E-state index contributed by atoms with van der Waals surface area (Å²) >= 11 is 1.01. The molecule has 2 aliphatic rings. The van der Waals surface area contributed by atoms with Gasteiger partial charge in [-0.3, -0.25) is 62.4 Å². The van der Waals surface area contributed by atoms with E-state index < -0.39 is 144 Å². The second-order valence-corrected chi connectivity index (χ2v) is 33.1. The number of carboxylic acids is 1. The normalized spacial score (nSPS) is 16.8. The molecule has 6 unspecified atom stereocenters. The molecular formula is C87H152N14O29S. The first-order chi connectivity index (χ1) is 61.9. The Balaban J connectivity index is 0.00000143. The highest BCUT2D eigenvalue weighted by atomic mass is 32.2. The van der Waals surface area contributed by atoms with Crippen molar-refractivity contribution in [2.75, 3.05) is 160 Å². The minimum absolute atomic E-state index is 0. The monoisotopic (exact) mass is 1890 g/mol. The third-order valence-corrected chi connectivity index (χ3v) is 22.8. The summed E-state index contributed by atoms with van der Waals surface area (Å²) in [5.74, 6) is -7.14. The van der Waals surface area contributed by atoms with Crippen molar-refractivity contribution in [3.05, 3.63) is 35.9 Å². The summed E-state index contributed by atoms with van der Waals surface area (Å²) in [7, 11) is 9.17. The number of aliphatic hydroxyl groups excluding tert-OH is 2. The summed E-state index contributed by atoms with van der Waals surface area (Å²) in [5, 5.41) is 53.7. The van der Waals surface area contributed by atoms with E-state index in [0.29, 0.717) is 38.6 Å². The number of ether oxygens (including phenoxy) is 11. The van der Waals surface area contributed by atoms with E-state index >= 15 is 0 Å². The van der Waals surface area contributed by atoms with Crippen LogP contribution in [0.4, 0.5) is 9.59 Å². The molecule has 2 fully saturated rings. The molecule has 1 aromatic carbocycles. The molecule has 0 bridgehead atoms. The molecule has 2 saturated heterocycles. The van der Waals surface area contributed by atoms with Crippen molar-refractivity contribution >= 4 is 101 Å². The molecule has 0 saturated carbocycles. The summed E-state index contributed by atoms with van der Waals surface area (Å²) in [6, 6.07) is 3.72. The van der Waals surface area contributed by atoms with Crippen molar-refractivity contribution in [2.45, 2.75) is 245 Å². The number of methoxy groups -OCH3 is 4. The van der Waals surface area contributed by atoms with Crippen LogP contribution in [0.5, 0.6) is 0 Å². The number of benzene rings is 1. The highest BCUT2D eigenvalue weighted by molar-refractivity contribution is 8.00. The molecule has 16 atom stereocenters. The van der Waals surface area contributed by atoms with Gasteiger partial charge in [-0.15, -0.1) is 11.8 Å². The van der Waals surface area contributed by atoms with Crippen LogP contribution in [-0.4, -0.2) is 364 Å². The number of carbonyl (C=O) groups excluding carboxylic acids is 14. The number of thioether (sulfide) groups is 1. The second kappa shape index (κ2) is 68.0. The van der Waals surface area contributed by atoms with E-state index in [9.17, 15) is 82.1 Å². The van der Waals surface area contributed by atoms with Gasteiger partial charge in [-0.25, -0.2) is 14.4 Å². The van der Waals surface area contributed by atoms with Crippen molar-refractivity contribution < 1.29 is 139 Å². The Kier molecular flexibility index (Phi) is 62.3. The summed E-state index contributed by atoms with van der Waals surface area (Å²) in [5.41, 5.74) is 6.24. The quantitative estimate of drug-likeness (QED) is 0.0138. The third kappa shape index (κ3) is 46.4. The van der Waals surface area contributed by atoms with E-state index in [-0.39, 0.29) is 223 Å². The second-order valence-electron chi connectivity index (χ2n) is 31.9. The van der Waals surface area contributed by atoms with Gasteiger partial charge in [0.25, 0.3) is 0 Å². The fourth-order valence-electron chi connectivity index (χ4n) is 13.7. The van der Waals surface area contributed by atoms with Gasteiger partial charge < -0.3 is 136 Å². The molecule has 2 heterocycles. The van der Waals surface area contributed by atoms with E-state index in [1.807, 2.05) is 85.7 Å². The number of aliphatic hydroxyl groups is 2.